The highest BCUT2D eigenvalue weighted by Crippen LogP contribution is 2.21. The summed E-state index contributed by atoms with van der Waals surface area (Å²) in [6.45, 7) is 7.20. The van der Waals surface area contributed by atoms with Gasteiger partial charge in [0.05, 0.1) is 17.7 Å². The van der Waals surface area contributed by atoms with Gasteiger partial charge in [-0.25, -0.2) is 5.10 Å². The molecule has 1 unspecified atom stereocenters. The van der Waals surface area contributed by atoms with E-state index in [1.807, 2.05) is 25.1 Å². The Kier molecular flexibility index (Phi) is 6.26. The first-order chi connectivity index (χ1) is 13.6. The molecule has 2 heterocycles. The number of nitrogens with one attached hydrogen (secondary N) is 2. The maximum Gasteiger partial charge on any atom is 0.272 e. The minimum absolute atomic E-state index is 0.0634. The van der Waals surface area contributed by atoms with E-state index >= 15 is 0 Å². The van der Waals surface area contributed by atoms with E-state index in [0.717, 1.165) is 18.4 Å². The van der Waals surface area contributed by atoms with E-state index in [0.29, 0.717) is 29.9 Å². The van der Waals surface area contributed by atoms with Crippen LogP contribution in [0.2, 0.25) is 0 Å². The summed E-state index contributed by atoms with van der Waals surface area (Å²) in [6.07, 6.45) is 7.89. The summed E-state index contributed by atoms with van der Waals surface area (Å²) in [5, 5.41) is 11.3. The molecule has 0 fully saturated rings. The zero-order valence-electron chi connectivity index (χ0n) is 15.9. The Morgan fingerprint density at radius 1 is 1.39 bits per heavy atom. The van der Waals surface area contributed by atoms with Gasteiger partial charge in [-0.2, -0.15) is 5.10 Å². The normalized spacial score (nSPS) is 16.7. The van der Waals surface area contributed by atoms with Gasteiger partial charge >= 0.3 is 0 Å². The number of rotatable bonds is 8. The number of hydrogen-bond donors (Lipinski definition) is 2. The van der Waals surface area contributed by atoms with Crippen LogP contribution in [0.1, 0.15) is 19.8 Å². The van der Waals surface area contributed by atoms with E-state index in [-0.39, 0.29) is 17.4 Å². The number of hydrogen-bond acceptors (Lipinski definition) is 6. The summed E-state index contributed by atoms with van der Waals surface area (Å²) >= 11 is 0. The van der Waals surface area contributed by atoms with Crippen molar-refractivity contribution in [2.75, 3.05) is 18.4 Å². The molecule has 0 radical (unpaired) electrons. The fourth-order valence-corrected chi connectivity index (χ4v) is 3.14. The largest absolute Gasteiger partial charge is 0.468 e. The molecule has 1 aliphatic heterocycles. The standard InChI is InChI=1S/C21H24N4O3/c1-3-13-28-15(2)19-14-16(26)9-12-25(19)11-6-10-22-20-17-7-4-5-8-18(17)21(27)24-23-20/h3-5,7-9,12-13,19H,2,6,10-11,14H2,1H3,(H,22,23)(H,24,27)/b13-3-. The number of allylic oxidation sites excluding steroid dienone is 2. The molecular weight excluding hydrogens is 356 g/mol. The van der Waals surface area contributed by atoms with Gasteiger partial charge in [0.2, 0.25) is 0 Å². The average Bonchev–Trinajstić information content (AvgIpc) is 2.72. The van der Waals surface area contributed by atoms with E-state index in [1.54, 1.807) is 30.7 Å². The summed E-state index contributed by atoms with van der Waals surface area (Å²) in [6, 6.07) is 7.18. The lowest BCUT2D eigenvalue weighted by atomic mass is 10.0. The zero-order chi connectivity index (χ0) is 19.9. The number of nitrogens with zero attached hydrogens (tertiary/aromatic N) is 2. The molecule has 146 valence electrons. The van der Waals surface area contributed by atoms with Crippen LogP contribution in [0.3, 0.4) is 0 Å². The molecule has 0 saturated carbocycles. The molecule has 0 amide bonds. The number of aromatic amines is 1. The van der Waals surface area contributed by atoms with Crippen LogP contribution in [0.5, 0.6) is 0 Å². The molecule has 2 N–H and O–H groups in total. The van der Waals surface area contributed by atoms with Crippen LogP contribution >= 0.6 is 0 Å². The van der Waals surface area contributed by atoms with Crippen molar-refractivity contribution in [2.24, 2.45) is 0 Å². The first-order valence-electron chi connectivity index (χ1n) is 9.25. The molecule has 0 spiro atoms. The van der Waals surface area contributed by atoms with Gasteiger partial charge in [0, 0.05) is 31.1 Å². The van der Waals surface area contributed by atoms with Crippen LogP contribution in [0.4, 0.5) is 5.82 Å². The molecule has 0 aliphatic carbocycles. The molecule has 3 rings (SSSR count). The third-order valence-electron chi connectivity index (χ3n) is 4.56. The van der Waals surface area contributed by atoms with Gasteiger partial charge in [-0.3, -0.25) is 9.59 Å². The second kappa shape index (κ2) is 9.03. The monoisotopic (exact) mass is 380 g/mol. The highest BCUT2D eigenvalue weighted by atomic mass is 16.5. The van der Waals surface area contributed by atoms with Crippen molar-refractivity contribution in [1.29, 1.82) is 0 Å². The van der Waals surface area contributed by atoms with Crippen LogP contribution < -0.4 is 10.9 Å². The average molecular weight is 380 g/mol. The molecule has 7 heteroatoms. The van der Waals surface area contributed by atoms with Crippen LogP contribution in [-0.4, -0.2) is 40.0 Å². The van der Waals surface area contributed by atoms with Crippen molar-refractivity contribution in [3.63, 3.8) is 0 Å². The summed E-state index contributed by atoms with van der Waals surface area (Å²) in [7, 11) is 0. The third-order valence-corrected chi connectivity index (χ3v) is 4.56. The lowest BCUT2D eigenvalue weighted by molar-refractivity contribution is -0.116. The van der Waals surface area contributed by atoms with E-state index in [2.05, 4.69) is 27.0 Å². The fourth-order valence-electron chi connectivity index (χ4n) is 3.14. The molecule has 1 aromatic carbocycles. The minimum Gasteiger partial charge on any atom is -0.468 e. The number of ether oxygens (including phenoxy) is 1. The van der Waals surface area contributed by atoms with Gasteiger partial charge in [-0.1, -0.05) is 30.9 Å². The number of fused-ring (bicyclic) bond motifs is 1. The van der Waals surface area contributed by atoms with E-state index in [4.69, 9.17) is 4.74 Å². The highest BCUT2D eigenvalue weighted by molar-refractivity contribution is 5.91. The van der Waals surface area contributed by atoms with Gasteiger partial charge in [0.15, 0.2) is 11.6 Å². The Balaban J connectivity index is 1.60. The van der Waals surface area contributed by atoms with Crippen molar-refractivity contribution in [3.05, 3.63) is 71.6 Å². The summed E-state index contributed by atoms with van der Waals surface area (Å²) in [5.41, 5.74) is -0.202. The number of H-pyrrole nitrogens is 1. The molecule has 0 saturated heterocycles. The fraction of sp³-hybridized carbons (Fsp3) is 0.286. The molecule has 0 bridgehead atoms. The van der Waals surface area contributed by atoms with Gasteiger partial charge in [0.25, 0.3) is 5.56 Å². The van der Waals surface area contributed by atoms with Crippen molar-refractivity contribution >= 4 is 22.4 Å². The number of aromatic nitrogens is 2. The first kappa shape index (κ1) is 19.4. The van der Waals surface area contributed by atoms with Gasteiger partial charge in [-0.15, -0.1) is 0 Å². The summed E-state index contributed by atoms with van der Waals surface area (Å²) in [5.74, 6) is 1.27. The Labute approximate surface area is 163 Å². The maximum atomic E-state index is 11.9. The van der Waals surface area contributed by atoms with Crippen LogP contribution in [-0.2, 0) is 9.53 Å². The SMILES string of the molecule is C=C(O/C=C\C)C1CC(=O)C=CN1CCCNc1n[nH]c(=O)c2ccccc12. The second-order valence-corrected chi connectivity index (χ2v) is 6.52. The Bertz CT molecular complexity index is 977. The van der Waals surface area contributed by atoms with Crippen molar-refractivity contribution < 1.29 is 9.53 Å². The van der Waals surface area contributed by atoms with E-state index < -0.39 is 0 Å². The predicted octanol–water partition coefficient (Wildman–Crippen LogP) is 2.95. The third kappa shape index (κ3) is 4.49. The van der Waals surface area contributed by atoms with Crippen LogP contribution in [0.15, 0.2) is 66.0 Å². The second-order valence-electron chi connectivity index (χ2n) is 6.52. The van der Waals surface area contributed by atoms with Crippen molar-refractivity contribution in [2.45, 2.75) is 25.8 Å². The topological polar surface area (TPSA) is 87.3 Å². The molecular formula is C21H24N4O3. The van der Waals surface area contributed by atoms with Crippen LogP contribution in [0, 0.1) is 0 Å². The van der Waals surface area contributed by atoms with E-state index in [1.165, 1.54) is 0 Å². The predicted molar refractivity (Wildman–Crippen MR) is 110 cm³/mol. The smallest absolute Gasteiger partial charge is 0.272 e. The summed E-state index contributed by atoms with van der Waals surface area (Å²) < 4.78 is 5.48. The number of benzene rings is 1. The lowest BCUT2D eigenvalue weighted by Gasteiger charge is -2.33. The molecule has 2 aromatic rings. The molecule has 1 aliphatic rings. The quantitative estimate of drug-likeness (QED) is 0.541. The molecule has 1 atom stereocenters. The van der Waals surface area contributed by atoms with E-state index in [9.17, 15) is 9.59 Å². The van der Waals surface area contributed by atoms with Crippen molar-refractivity contribution in [3.8, 4) is 0 Å². The van der Waals surface area contributed by atoms with Gasteiger partial charge in [0.1, 0.15) is 5.76 Å². The number of carbonyl (C=O) groups excluding carboxylic acids is 1. The lowest BCUT2D eigenvalue weighted by Crippen LogP contribution is -2.38. The Morgan fingerprint density at radius 2 is 2.18 bits per heavy atom. The number of anilines is 1. The molecule has 1 aromatic heterocycles. The van der Waals surface area contributed by atoms with Gasteiger partial charge < -0.3 is 15.0 Å². The van der Waals surface area contributed by atoms with Gasteiger partial charge in [-0.05, 0) is 25.5 Å². The number of ketones is 1. The number of carbonyl (C=O) groups is 1. The first-order valence-corrected chi connectivity index (χ1v) is 9.25. The Morgan fingerprint density at radius 3 is 2.96 bits per heavy atom. The van der Waals surface area contributed by atoms with Crippen LogP contribution in [0.25, 0.3) is 10.8 Å². The molecule has 7 nitrogen and oxygen atoms in total. The molecule has 28 heavy (non-hydrogen) atoms. The minimum atomic E-state index is -0.202. The van der Waals surface area contributed by atoms with Crippen molar-refractivity contribution in [1.82, 2.24) is 15.1 Å². The summed E-state index contributed by atoms with van der Waals surface area (Å²) in [4.78, 5) is 25.7. The maximum absolute atomic E-state index is 11.9. The Hall–Kier alpha value is -3.35. The zero-order valence-corrected chi connectivity index (χ0v) is 15.9. The highest BCUT2D eigenvalue weighted by Gasteiger charge is 2.25.